The molecule has 0 aromatic heterocycles. The van der Waals surface area contributed by atoms with Crippen LogP contribution in [0.3, 0.4) is 0 Å². The summed E-state index contributed by atoms with van der Waals surface area (Å²) in [4.78, 5) is 2.40. The number of hydrogen-bond donors (Lipinski definition) is 0. The van der Waals surface area contributed by atoms with Crippen molar-refractivity contribution in [2.45, 2.75) is 0 Å². The minimum atomic E-state index is 1.11. The van der Waals surface area contributed by atoms with Crippen LogP contribution in [0.4, 0.5) is 17.1 Å². The number of anilines is 3. The van der Waals surface area contributed by atoms with E-state index in [1.54, 1.807) is 0 Å². The predicted molar refractivity (Wildman–Crippen MR) is 210 cm³/mol. The Morgan fingerprint density at radius 1 is 0.286 bits per heavy atom. The summed E-state index contributed by atoms with van der Waals surface area (Å²) < 4.78 is 0. The summed E-state index contributed by atoms with van der Waals surface area (Å²) in [5.41, 5.74) is 10.6. The average molecular weight is 624 g/mol. The van der Waals surface area contributed by atoms with Gasteiger partial charge in [-0.15, -0.1) is 0 Å². The van der Waals surface area contributed by atoms with Crippen molar-refractivity contribution in [3.63, 3.8) is 0 Å². The lowest BCUT2D eigenvalue weighted by Gasteiger charge is -2.28. The maximum Gasteiger partial charge on any atom is 0.0540 e. The average Bonchev–Trinajstić information content (AvgIpc) is 3.19. The summed E-state index contributed by atoms with van der Waals surface area (Å²) in [5.74, 6) is 0. The van der Waals surface area contributed by atoms with Crippen molar-refractivity contribution >= 4 is 49.4 Å². The Morgan fingerprint density at radius 3 is 1.49 bits per heavy atom. The van der Waals surface area contributed by atoms with E-state index in [0.717, 1.165) is 17.1 Å². The molecule has 0 amide bonds. The molecule has 49 heavy (non-hydrogen) atoms. The molecule has 0 aliphatic rings. The number of hydrogen-bond acceptors (Lipinski definition) is 1. The highest BCUT2D eigenvalue weighted by atomic mass is 15.1. The first-order valence-corrected chi connectivity index (χ1v) is 16.8. The fourth-order valence-electron chi connectivity index (χ4n) is 7.21. The maximum atomic E-state index is 2.40. The van der Waals surface area contributed by atoms with Crippen LogP contribution < -0.4 is 4.90 Å². The van der Waals surface area contributed by atoms with E-state index in [1.165, 1.54) is 65.7 Å². The minimum Gasteiger partial charge on any atom is -0.310 e. The van der Waals surface area contributed by atoms with Crippen LogP contribution in [0.1, 0.15) is 0 Å². The topological polar surface area (TPSA) is 3.24 Å². The third kappa shape index (κ3) is 5.32. The molecule has 0 fully saturated rings. The molecule has 0 unspecified atom stereocenters. The normalized spacial score (nSPS) is 11.3. The van der Waals surface area contributed by atoms with Crippen molar-refractivity contribution in [2.24, 2.45) is 0 Å². The Balaban J connectivity index is 1.17. The zero-order valence-electron chi connectivity index (χ0n) is 27.0. The van der Waals surface area contributed by atoms with Crippen LogP contribution in [0.15, 0.2) is 200 Å². The van der Waals surface area contributed by atoms with Crippen LogP contribution in [0.5, 0.6) is 0 Å². The first kappa shape index (κ1) is 28.8. The smallest absolute Gasteiger partial charge is 0.0540 e. The Kier molecular flexibility index (Phi) is 7.22. The largest absolute Gasteiger partial charge is 0.310 e. The van der Waals surface area contributed by atoms with E-state index in [1.807, 2.05) is 0 Å². The van der Waals surface area contributed by atoms with E-state index in [2.05, 4.69) is 205 Å². The van der Waals surface area contributed by atoms with Gasteiger partial charge in [-0.3, -0.25) is 0 Å². The van der Waals surface area contributed by atoms with Gasteiger partial charge in [0.05, 0.1) is 5.69 Å². The predicted octanol–water partition coefficient (Wildman–Crippen LogP) is 13.6. The van der Waals surface area contributed by atoms with E-state index in [-0.39, 0.29) is 0 Å². The number of nitrogens with zero attached hydrogens (tertiary/aromatic N) is 1. The molecule has 9 aromatic rings. The summed E-state index contributed by atoms with van der Waals surface area (Å²) in [6, 6.07) is 72.4. The Bertz CT molecular complexity index is 2570. The molecule has 0 bridgehead atoms. The number of benzene rings is 9. The van der Waals surface area contributed by atoms with Crippen LogP contribution in [-0.4, -0.2) is 0 Å². The van der Waals surface area contributed by atoms with Crippen molar-refractivity contribution in [3.8, 4) is 33.4 Å². The molecule has 0 heterocycles. The van der Waals surface area contributed by atoms with E-state index >= 15 is 0 Å². The van der Waals surface area contributed by atoms with Gasteiger partial charge in [-0.1, -0.05) is 170 Å². The molecule has 9 aromatic carbocycles. The molecule has 0 aliphatic carbocycles. The Labute approximate surface area is 287 Å². The molecule has 0 radical (unpaired) electrons. The third-order valence-corrected chi connectivity index (χ3v) is 9.65. The molecule has 230 valence electrons. The van der Waals surface area contributed by atoms with Crippen molar-refractivity contribution in [1.82, 2.24) is 0 Å². The van der Waals surface area contributed by atoms with Gasteiger partial charge < -0.3 is 4.90 Å². The molecule has 1 nitrogen and oxygen atoms in total. The molecule has 1 heteroatoms. The van der Waals surface area contributed by atoms with Gasteiger partial charge in [0.2, 0.25) is 0 Å². The van der Waals surface area contributed by atoms with Gasteiger partial charge in [-0.25, -0.2) is 0 Å². The maximum absolute atomic E-state index is 2.40. The van der Waals surface area contributed by atoms with Gasteiger partial charge in [-0.05, 0) is 90.5 Å². The second kappa shape index (κ2) is 12.3. The summed E-state index contributed by atoms with van der Waals surface area (Å²) in [6.07, 6.45) is 0. The van der Waals surface area contributed by atoms with Gasteiger partial charge in [0.25, 0.3) is 0 Å². The quantitative estimate of drug-likeness (QED) is 0.167. The van der Waals surface area contributed by atoms with Crippen molar-refractivity contribution in [2.75, 3.05) is 4.90 Å². The lowest BCUT2D eigenvalue weighted by Crippen LogP contribution is -2.11. The van der Waals surface area contributed by atoms with Crippen LogP contribution >= 0.6 is 0 Å². The van der Waals surface area contributed by atoms with Gasteiger partial charge in [-0.2, -0.15) is 0 Å². The summed E-state index contributed by atoms with van der Waals surface area (Å²) in [5, 5.41) is 7.61. The highest BCUT2D eigenvalue weighted by Gasteiger charge is 2.18. The molecule has 0 atom stereocenters. The fourth-order valence-corrected chi connectivity index (χ4v) is 7.21. The summed E-state index contributed by atoms with van der Waals surface area (Å²) >= 11 is 0. The second-order valence-corrected chi connectivity index (χ2v) is 12.6. The lowest BCUT2D eigenvalue weighted by atomic mass is 9.95. The second-order valence-electron chi connectivity index (χ2n) is 12.6. The molecule has 0 spiro atoms. The van der Waals surface area contributed by atoms with E-state index in [4.69, 9.17) is 0 Å². The molecule has 0 saturated carbocycles. The SMILES string of the molecule is c1ccc(-c2ccc(-c3ccc(N(c4ccc5c(ccc6ccc7ccccc7c65)c4)c4ccccc4-c4ccccc4)cc3)cc2)cc1. The van der Waals surface area contributed by atoms with Crippen LogP contribution in [-0.2, 0) is 0 Å². The third-order valence-electron chi connectivity index (χ3n) is 9.65. The molecule has 0 N–H and O–H groups in total. The molecule has 0 saturated heterocycles. The number of fused-ring (bicyclic) bond motifs is 5. The van der Waals surface area contributed by atoms with Gasteiger partial charge >= 0.3 is 0 Å². The van der Waals surface area contributed by atoms with Crippen molar-refractivity contribution < 1.29 is 0 Å². The summed E-state index contributed by atoms with van der Waals surface area (Å²) in [7, 11) is 0. The first-order chi connectivity index (χ1) is 24.3. The van der Waals surface area contributed by atoms with E-state index in [0.29, 0.717) is 0 Å². The highest BCUT2D eigenvalue weighted by molar-refractivity contribution is 6.20. The standard InChI is InChI=1S/C48H33N/c1-3-11-34(12-4-1)35-19-21-36(22-20-35)37-27-29-42(30-28-37)49(47-18-10-9-16-44(47)38-13-5-2-6-14-38)43-31-32-46-41(33-43)26-25-40-24-23-39-15-7-8-17-45(39)48(40)46/h1-33H. The Hall–Kier alpha value is -6.44. The Morgan fingerprint density at radius 2 is 0.776 bits per heavy atom. The minimum absolute atomic E-state index is 1.11. The molecule has 0 aliphatic heterocycles. The summed E-state index contributed by atoms with van der Waals surface area (Å²) in [6.45, 7) is 0. The van der Waals surface area contributed by atoms with Crippen molar-refractivity contribution in [1.29, 1.82) is 0 Å². The fraction of sp³-hybridized carbons (Fsp3) is 0. The van der Waals surface area contributed by atoms with Crippen molar-refractivity contribution in [3.05, 3.63) is 200 Å². The number of para-hydroxylation sites is 1. The lowest BCUT2D eigenvalue weighted by molar-refractivity contribution is 1.29. The highest BCUT2D eigenvalue weighted by Crippen LogP contribution is 2.43. The van der Waals surface area contributed by atoms with Gasteiger partial charge in [0.1, 0.15) is 0 Å². The van der Waals surface area contributed by atoms with Crippen LogP contribution in [0.2, 0.25) is 0 Å². The van der Waals surface area contributed by atoms with Crippen LogP contribution in [0.25, 0.3) is 65.7 Å². The van der Waals surface area contributed by atoms with E-state index < -0.39 is 0 Å². The molecular formula is C48H33N. The van der Waals surface area contributed by atoms with Gasteiger partial charge in [0, 0.05) is 16.9 Å². The van der Waals surface area contributed by atoms with Crippen LogP contribution in [0, 0.1) is 0 Å². The molecule has 9 rings (SSSR count). The molecular weight excluding hydrogens is 591 g/mol. The first-order valence-electron chi connectivity index (χ1n) is 16.8. The zero-order valence-corrected chi connectivity index (χ0v) is 27.0. The van der Waals surface area contributed by atoms with Gasteiger partial charge in [0.15, 0.2) is 0 Å². The zero-order chi connectivity index (χ0) is 32.6. The monoisotopic (exact) mass is 623 g/mol. The number of rotatable bonds is 6. The van der Waals surface area contributed by atoms with E-state index in [9.17, 15) is 0 Å².